The number of carbonyl (C=O) groups is 3. The van der Waals surface area contributed by atoms with Crippen LogP contribution in [0.1, 0.15) is 83.6 Å². The molecular formula is C27H40N2O4. The topological polar surface area (TPSA) is 77.9 Å². The van der Waals surface area contributed by atoms with Crippen molar-refractivity contribution in [3.05, 3.63) is 35.9 Å². The number of likely N-dealkylation sites (tertiary alicyclic amines) is 2. The van der Waals surface area contributed by atoms with E-state index in [1.807, 2.05) is 15.9 Å². The lowest BCUT2D eigenvalue weighted by molar-refractivity contribution is -0.146. The maximum absolute atomic E-state index is 13.6. The summed E-state index contributed by atoms with van der Waals surface area (Å²) in [6.07, 6.45) is 8.12. The Labute approximate surface area is 198 Å². The molecule has 2 heterocycles. The van der Waals surface area contributed by atoms with Crippen LogP contribution in [-0.4, -0.2) is 58.4 Å². The van der Waals surface area contributed by atoms with Crippen LogP contribution in [0.2, 0.25) is 0 Å². The predicted molar refractivity (Wildman–Crippen MR) is 129 cm³/mol. The van der Waals surface area contributed by atoms with E-state index in [1.165, 1.54) is 5.56 Å². The van der Waals surface area contributed by atoms with Crippen molar-refractivity contribution in [1.82, 2.24) is 9.80 Å². The van der Waals surface area contributed by atoms with Gasteiger partial charge in [0.15, 0.2) is 0 Å². The maximum Gasteiger partial charge on any atom is 0.303 e. The summed E-state index contributed by atoms with van der Waals surface area (Å²) < 4.78 is 0. The molecule has 3 rings (SSSR count). The SMILES string of the molecule is CCCC1C(C(=O)N2CCC(CCCCC(=O)O)(c3ccccc3)CC2)CCCN1C(C)=O. The molecule has 2 unspecified atom stereocenters. The fourth-order valence-electron chi connectivity index (χ4n) is 5.99. The van der Waals surface area contributed by atoms with Crippen molar-refractivity contribution in [2.24, 2.45) is 5.92 Å². The molecule has 182 valence electrons. The highest BCUT2D eigenvalue weighted by molar-refractivity contribution is 5.81. The standard InChI is InChI=1S/C27H40N2O4/c1-3-10-24-23(13-9-18-29(24)21(2)30)26(33)28-19-16-27(17-20-28,15-8-7-14-25(31)32)22-11-5-4-6-12-22/h4-6,11-12,23-24H,3,7-10,13-20H2,1-2H3,(H,31,32). The first-order valence-electron chi connectivity index (χ1n) is 12.7. The minimum atomic E-state index is -0.738. The van der Waals surface area contributed by atoms with Gasteiger partial charge in [0, 0.05) is 39.0 Å². The molecule has 2 aliphatic rings. The molecule has 2 fully saturated rings. The van der Waals surface area contributed by atoms with Gasteiger partial charge in [0.05, 0.1) is 5.92 Å². The molecule has 2 aliphatic heterocycles. The summed E-state index contributed by atoms with van der Waals surface area (Å²) in [5.74, 6) is -0.540. The number of benzene rings is 1. The average Bonchev–Trinajstić information content (AvgIpc) is 2.82. The van der Waals surface area contributed by atoms with Gasteiger partial charge in [0.2, 0.25) is 11.8 Å². The Balaban J connectivity index is 1.69. The zero-order valence-electron chi connectivity index (χ0n) is 20.3. The molecule has 2 amide bonds. The van der Waals surface area contributed by atoms with Gasteiger partial charge < -0.3 is 14.9 Å². The number of carbonyl (C=O) groups excluding carboxylic acids is 2. The third-order valence-corrected chi connectivity index (χ3v) is 7.80. The Morgan fingerprint density at radius 3 is 2.36 bits per heavy atom. The highest BCUT2D eigenvalue weighted by atomic mass is 16.4. The Morgan fingerprint density at radius 1 is 1.06 bits per heavy atom. The summed E-state index contributed by atoms with van der Waals surface area (Å²) in [5, 5.41) is 9.00. The molecule has 0 spiro atoms. The Hall–Kier alpha value is -2.37. The molecule has 0 aromatic heterocycles. The van der Waals surface area contributed by atoms with Gasteiger partial charge in [-0.15, -0.1) is 0 Å². The van der Waals surface area contributed by atoms with Gasteiger partial charge >= 0.3 is 5.97 Å². The first-order chi connectivity index (χ1) is 15.9. The van der Waals surface area contributed by atoms with Crippen LogP contribution in [-0.2, 0) is 19.8 Å². The second kappa shape index (κ2) is 11.7. The summed E-state index contributed by atoms with van der Waals surface area (Å²) in [6.45, 7) is 5.95. The molecule has 1 N–H and O–H groups in total. The number of carboxylic acid groups (broad SMARTS) is 1. The van der Waals surface area contributed by atoms with Crippen LogP contribution in [0.4, 0.5) is 0 Å². The number of amides is 2. The van der Waals surface area contributed by atoms with Crippen molar-refractivity contribution >= 4 is 17.8 Å². The molecule has 2 atom stereocenters. The quantitative estimate of drug-likeness (QED) is 0.550. The third-order valence-electron chi connectivity index (χ3n) is 7.80. The van der Waals surface area contributed by atoms with Crippen LogP contribution in [0, 0.1) is 5.92 Å². The lowest BCUT2D eigenvalue weighted by Gasteiger charge is -2.46. The predicted octanol–water partition coefficient (Wildman–Crippen LogP) is 4.62. The zero-order valence-corrected chi connectivity index (χ0v) is 20.3. The number of aliphatic carboxylic acids is 1. The fourth-order valence-corrected chi connectivity index (χ4v) is 5.99. The number of unbranched alkanes of at least 4 members (excludes halogenated alkanes) is 1. The number of carboxylic acids is 1. The molecular weight excluding hydrogens is 416 g/mol. The van der Waals surface area contributed by atoms with Crippen LogP contribution in [0.3, 0.4) is 0 Å². The first-order valence-corrected chi connectivity index (χ1v) is 12.7. The molecule has 1 aromatic carbocycles. The normalized spacial score (nSPS) is 22.7. The monoisotopic (exact) mass is 456 g/mol. The van der Waals surface area contributed by atoms with E-state index in [9.17, 15) is 14.4 Å². The molecule has 0 radical (unpaired) electrons. The van der Waals surface area contributed by atoms with Gasteiger partial charge in [-0.2, -0.15) is 0 Å². The maximum atomic E-state index is 13.6. The lowest BCUT2D eigenvalue weighted by atomic mass is 9.69. The second-order valence-electron chi connectivity index (χ2n) is 9.89. The number of hydrogen-bond acceptors (Lipinski definition) is 3. The largest absolute Gasteiger partial charge is 0.481 e. The Morgan fingerprint density at radius 2 is 1.76 bits per heavy atom. The molecule has 0 aliphatic carbocycles. The van der Waals surface area contributed by atoms with E-state index < -0.39 is 5.97 Å². The van der Waals surface area contributed by atoms with Gasteiger partial charge in [-0.1, -0.05) is 50.1 Å². The highest BCUT2D eigenvalue weighted by Gasteiger charge is 2.42. The molecule has 2 saturated heterocycles. The van der Waals surface area contributed by atoms with E-state index in [-0.39, 0.29) is 35.6 Å². The summed E-state index contributed by atoms with van der Waals surface area (Å²) in [6, 6.07) is 10.5. The van der Waals surface area contributed by atoms with Crippen LogP contribution in [0.15, 0.2) is 30.3 Å². The number of nitrogens with zero attached hydrogens (tertiary/aromatic N) is 2. The van der Waals surface area contributed by atoms with Crippen molar-refractivity contribution in [3.63, 3.8) is 0 Å². The smallest absolute Gasteiger partial charge is 0.303 e. The molecule has 0 bridgehead atoms. The van der Waals surface area contributed by atoms with Gasteiger partial charge in [-0.05, 0) is 55.9 Å². The van der Waals surface area contributed by atoms with E-state index in [0.29, 0.717) is 6.42 Å². The van der Waals surface area contributed by atoms with Crippen molar-refractivity contribution < 1.29 is 19.5 Å². The summed E-state index contributed by atoms with van der Waals surface area (Å²) in [7, 11) is 0. The fraction of sp³-hybridized carbons (Fsp3) is 0.667. The summed E-state index contributed by atoms with van der Waals surface area (Å²) >= 11 is 0. The molecule has 6 heteroatoms. The van der Waals surface area contributed by atoms with Gasteiger partial charge in [0.25, 0.3) is 0 Å². The van der Waals surface area contributed by atoms with Crippen LogP contribution >= 0.6 is 0 Å². The van der Waals surface area contributed by atoms with E-state index in [4.69, 9.17) is 5.11 Å². The van der Waals surface area contributed by atoms with Gasteiger partial charge in [-0.25, -0.2) is 0 Å². The molecule has 0 saturated carbocycles. The lowest BCUT2D eigenvalue weighted by Crippen LogP contribution is -2.55. The highest BCUT2D eigenvalue weighted by Crippen LogP contribution is 2.41. The van der Waals surface area contributed by atoms with E-state index in [2.05, 4.69) is 31.2 Å². The van der Waals surface area contributed by atoms with E-state index in [1.54, 1.807) is 6.92 Å². The minimum Gasteiger partial charge on any atom is -0.481 e. The van der Waals surface area contributed by atoms with Crippen molar-refractivity contribution in [2.45, 2.75) is 89.5 Å². The van der Waals surface area contributed by atoms with Crippen molar-refractivity contribution in [1.29, 1.82) is 0 Å². The number of rotatable bonds is 9. The second-order valence-corrected chi connectivity index (χ2v) is 9.89. The molecule has 1 aromatic rings. The van der Waals surface area contributed by atoms with Gasteiger partial charge in [0.1, 0.15) is 0 Å². The van der Waals surface area contributed by atoms with Crippen LogP contribution in [0.5, 0.6) is 0 Å². The third kappa shape index (κ3) is 6.15. The zero-order chi connectivity index (χ0) is 23.8. The molecule has 33 heavy (non-hydrogen) atoms. The molecule has 6 nitrogen and oxygen atoms in total. The van der Waals surface area contributed by atoms with E-state index in [0.717, 1.165) is 71.0 Å². The first kappa shape index (κ1) is 25.3. The van der Waals surface area contributed by atoms with E-state index >= 15 is 0 Å². The van der Waals surface area contributed by atoms with Crippen LogP contribution < -0.4 is 0 Å². The van der Waals surface area contributed by atoms with Crippen LogP contribution in [0.25, 0.3) is 0 Å². The number of hydrogen-bond donors (Lipinski definition) is 1. The Bertz CT molecular complexity index is 802. The van der Waals surface area contributed by atoms with Gasteiger partial charge in [-0.3, -0.25) is 14.4 Å². The average molecular weight is 457 g/mol. The minimum absolute atomic E-state index is 0.00263. The van der Waals surface area contributed by atoms with Crippen molar-refractivity contribution in [2.75, 3.05) is 19.6 Å². The number of piperidine rings is 2. The van der Waals surface area contributed by atoms with Crippen molar-refractivity contribution in [3.8, 4) is 0 Å². The summed E-state index contributed by atoms with van der Waals surface area (Å²) in [5.41, 5.74) is 1.30. The Kier molecular flexibility index (Phi) is 8.93. The summed E-state index contributed by atoms with van der Waals surface area (Å²) in [4.78, 5) is 40.7.